The lowest BCUT2D eigenvalue weighted by Crippen LogP contribution is -2.38. The molecule has 0 unspecified atom stereocenters. The molecule has 1 amide bonds. The largest absolute Gasteiger partial charge is 0.371 e. The van der Waals surface area contributed by atoms with Gasteiger partial charge in [-0.05, 0) is 23.3 Å². The molecule has 29 heavy (non-hydrogen) atoms. The number of likely N-dealkylation sites (tertiary alicyclic amines) is 2. The number of carbonyl (C=O) groups is 1. The number of carbonyl (C=O) groups excluding carboxylic acids is 1. The van der Waals surface area contributed by atoms with E-state index in [2.05, 4.69) is 4.90 Å². The lowest BCUT2D eigenvalue weighted by Gasteiger charge is -2.25. The van der Waals surface area contributed by atoms with Gasteiger partial charge in [-0.15, -0.1) is 0 Å². The van der Waals surface area contributed by atoms with Gasteiger partial charge in [-0.2, -0.15) is 0 Å². The Balaban J connectivity index is 1.48. The maximum Gasteiger partial charge on any atom is 0.252 e. The van der Waals surface area contributed by atoms with Crippen molar-refractivity contribution in [2.75, 3.05) is 26.5 Å². The molecule has 3 atom stereocenters. The number of sulfone groups is 1. The topological polar surface area (TPSA) is 66.9 Å². The van der Waals surface area contributed by atoms with E-state index in [0.29, 0.717) is 11.4 Å². The SMILES string of the molecule is CO[C@@H]1C(=O)N(Cc2ccccc2)[C@@H]2CN(Cc3ccc(S(C)(=O)=O)cc3)C[C@H]12. The summed E-state index contributed by atoms with van der Waals surface area (Å²) >= 11 is 0. The molecule has 0 radical (unpaired) electrons. The highest BCUT2D eigenvalue weighted by Crippen LogP contribution is 2.36. The first kappa shape index (κ1) is 20.1. The van der Waals surface area contributed by atoms with Gasteiger partial charge < -0.3 is 9.64 Å². The molecule has 2 aromatic carbocycles. The van der Waals surface area contributed by atoms with E-state index in [1.165, 1.54) is 6.26 Å². The monoisotopic (exact) mass is 414 g/mol. The van der Waals surface area contributed by atoms with E-state index in [4.69, 9.17) is 4.74 Å². The lowest BCUT2D eigenvalue weighted by molar-refractivity contribution is -0.138. The van der Waals surface area contributed by atoms with E-state index in [1.54, 1.807) is 19.2 Å². The van der Waals surface area contributed by atoms with Crippen LogP contribution < -0.4 is 0 Å². The Bertz CT molecular complexity index is 976. The first-order chi connectivity index (χ1) is 13.9. The summed E-state index contributed by atoms with van der Waals surface area (Å²) in [6, 6.07) is 17.2. The predicted octanol–water partition coefficient (Wildman–Crippen LogP) is 1.95. The quantitative estimate of drug-likeness (QED) is 0.723. The summed E-state index contributed by atoms with van der Waals surface area (Å²) in [6.07, 6.45) is 0.814. The third-order valence-corrected chi connectivity index (χ3v) is 7.06. The van der Waals surface area contributed by atoms with Crippen LogP contribution in [0.4, 0.5) is 0 Å². The van der Waals surface area contributed by atoms with Crippen molar-refractivity contribution in [2.24, 2.45) is 5.92 Å². The third-order valence-electron chi connectivity index (χ3n) is 5.93. The van der Waals surface area contributed by atoms with Crippen molar-refractivity contribution in [3.63, 3.8) is 0 Å². The van der Waals surface area contributed by atoms with Gasteiger partial charge >= 0.3 is 0 Å². The minimum atomic E-state index is -3.19. The molecular formula is C22H26N2O4S. The zero-order chi connectivity index (χ0) is 20.6. The number of rotatable bonds is 6. The number of fused-ring (bicyclic) bond motifs is 1. The fourth-order valence-electron chi connectivity index (χ4n) is 4.51. The summed E-state index contributed by atoms with van der Waals surface area (Å²) in [5.74, 6) is 0.218. The molecule has 2 fully saturated rings. The minimum Gasteiger partial charge on any atom is -0.371 e. The summed E-state index contributed by atoms with van der Waals surface area (Å²) in [7, 11) is -1.58. The minimum absolute atomic E-state index is 0.0727. The van der Waals surface area contributed by atoms with Crippen LogP contribution in [0.5, 0.6) is 0 Å². The molecule has 2 aromatic rings. The highest BCUT2D eigenvalue weighted by molar-refractivity contribution is 7.90. The molecule has 0 spiro atoms. The molecule has 6 nitrogen and oxygen atoms in total. The summed E-state index contributed by atoms with van der Waals surface area (Å²) < 4.78 is 28.9. The van der Waals surface area contributed by atoms with Crippen LogP contribution in [-0.2, 0) is 32.5 Å². The summed E-state index contributed by atoms with van der Waals surface area (Å²) in [4.78, 5) is 17.5. The number of benzene rings is 2. The van der Waals surface area contributed by atoms with Crippen molar-refractivity contribution in [3.8, 4) is 0 Å². The van der Waals surface area contributed by atoms with Gasteiger partial charge in [-0.1, -0.05) is 42.5 Å². The number of ether oxygens (including phenoxy) is 1. The van der Waals surface area contributed by atoms with Crippen LogP contribution in [-0.4, -0.2) is 62.7 Å². The Kier molecular flexibility index (Phi) is 5.46. The molecule has 0 aliphatic carbocycles. The van der Waals surface area contributed by atoms with Crippen LogP contribution in [0.3, 0.4) is 0 Å². The average molecular weight is 415 g/mol. The maximum atomic E-state index is 12.9. The van der Waals surface area contributed by atoms with Gasteiger partial charge in [0, 0.05) is 45.5 Å². The van der Waals surface area contributed by atoms with Gasteiger partial charge in [0.05, 0.1) is 10.9 Å². The summed E-state index contributed by atoms with van der Waals surface area (Å²) in [6.45, 7) is 2.89. The number of hydrogen-bond acceptors (Lipinski definition) is 5. The predicted molar refractivity (Wildman–Crippen MR) is 110 cm³/mol. The lowest BCUT2D eigenvalue weighted by atomic mass is 10.0. The smallest absolute Gasteiger partial charge is 0.252 e. The Morgan fingerprint density at radius 1 is 0.966 bits per heavy atom. The Morgan fingerprint density at radius 3 is 2.24 bits per heavy atom. The van der Waals surface area contributed by atoms with E-state index in [9.17, 15) is 13.2 Å². The summed E-state index contributed by atoms with van der Waals surface area (Å²) in [5.41, 5.74) is 2.18. The molecule has 0 N–H and O–H groups in total. The standard InChI is InChI=1S/C22H26N2O4S/c1-28-21-19-14-23(12-17-8-10-18(11-9-17)29(2,26)27)15-20(19)24(22(21)25)13-16-6-4-3-5-7-16/h3-11,19-21H,12-15H2,1-2H3/t19-,20+,21-/m0/s1. The third kappa shape index (κ3) is 4.08. The van der Waals surface area contributed by atoms with Crippen molar-refractivity contribution < 1.29 is 17.9 Å². The van der Waals surface area contributed by atoms with Gasteiger partial charge in [0.1, 0.15) is 6.10 Å². The van der Waals surface area contributed by atoms with Crippen LogP contribution >= 0.6 is 0 Å². The highest BCUT2D eigenvalue weighted by Gasteiger charge is 2.52. The van der Waals surface area contributed by atoms with Crippen LogP contribution in [0, 0.1) is 5.92 Å². The van der Waals surface area contributed by atoms with Gasteiger partial charge in [-0.3, -0.25) is 9.69 Å². The van der Waals surface area contributed by atoms with E-state index in [-0.39, 0.29) is 17.9 Å². The van der Waals surface area contributed by atoms with Crippen molar-refractivity contribution in [3.05, 3.63) is 65.7 Å². The second-order valence-corrected chi connectivity index (χ2v) is 9.97. The molecule has 2 heterocycles. The van der Waals surface area contributed by atoms with Gasteiger partial charge in [-0.25, -0.2) is 8.42 Å². The van der Waals surface area contributed by atoms with Crippen LogP contribution in [0.2, 0.25) is 0 Å². The molecule has 7 heteroatoms. The molecule has 0 aromatic heterocycles. The van der Waals surface area contributed by atoms with E-state index >= 15 is 0 Å². The Hall–Kier alpha value is -2.22. The first-order valence-electron chi connectivity index (χ1n) is 9.75. The summed E-state index contributed by atoms with van der Waals surface area (Å²) in [5, 5.41) is 0. The molecule has 2 aliphatic rings. The Labute approximate surface area is 172 Å². The van der Waals surface area contributed by atoms with Gasteiger partial charge in [0.15, 0.2) is 9.84 Å². The van der Waals surface area contributed by atoms with Crippen molar-refractivity contribution in [1.29, 1.82) is 0 Å². The van der Waals surface area contributed by atoms with Crippen molar-refractivity contribution >= 4 is 15.7 Å². The van der Waals surface area contributed by atoms with E-state index in [0.717, 1.165) is 30.8 Å². The van der Waals surface area contributed by atoms with Crippen molar-refractivity contribution in [2.45, 2.75) is 30.1 Å². The maximum absolute atomic E-state index is 12.9. The normalized spacial score (nSPS) is 24.8. The number of hydrogen-bond donors (Lipinski definition) is 0. The fourth-order valence-corrected chi connectivity index (χ4v) is 5.14. The number of amides is 1. The van der Waals surface area contributed by atoms with Crippen LogP contribution in [0.1, 0.15) is 11.1 Å². The molecule has 2 saturated heterocycles. The molecule has 0 bridgehead atoms. The van der Waals surface area contributed by atoms with E-state index in [1.807, 2.05) is 47.4 Å². The van der Waals surface area contributed by atoms with Crippen LogP contribution in [0.15, 0.2) is 59.5 Å². The van der Waals surface area contributed by atoms with Gasteiger partial charge in [0.2, 0.25) is 0 Å². The zero-order valence-corrected chi connectivity index (χ0v) is 17.5. The second-order valence-electron chi connectivity index (χ2n) is 7.95. The second kappa shape index (κ2) is 7.89. The van der Waals surface area contributed by atoms with Crippen LogP contribution in [0.25, 0.3) is 0 Å². The average Bonchev–Trinajstić information content (AvgIpc) is 3.19. The molecule has 0 saturated carbocycles. The fraction of sp³-hybridized carbons (Fsp3) is 0.409. The molecule has 4 rings (SSSR count). The van der Waals surface area contributed by atoms with Gasteiger partial charge in [0.25, 0.3) is 5.91 Å². The molecule has 154 valence electrons. The number of nitrogens with zero attached hydrogens (tertiary/aromatic N) is 2. The van der Waals surface area contributed by atoms with Crippen molar-refractivity contribution in [1.82, 2.24) is 9.80 Å². The number of methoxy groups -OCH3 is 1. The van der Waals surface area contributed by atoms with E-state index < -0.39 is 15.9 Å². The molecular weight excluding hydrogens is 388 g/mol. The highest BCUT2D eigenvalue weighted by atomic mass is 32.2. The Morgan fingerprint density at radius 2 is 1.62 bits per heavy atom. The molecule has 2 aliphatic heterocycles. The first-order valence-corrected chi connectivity index (χ1v) is 11.6. The zero-order valence-electron chi connectivity index (χ0n) is 16.7.